The van der Waals surface area contributed by atoms with Crippen molar-refractivity contribution in [1.82, 2.24) is 0 Å². The third-order valence-electron chi connectivity index (χ3n) is 4.61. The van der Waals surface area contributed by atoms with Crippen LogP contribution >= 0.6 is 0 Å². The van der Waals surface area contributed by atoms with E-state index in [0.29, 0.717) is 0 Å². The summed E-state index contributed by atoms with van der Waals surface area (Å²) in [6, 6.07) is 0.234. The first-order valence-corrected chi connectivity index (χ1v) is 6.17. The highest BCUT2D eigenvalue weighted by atomic mass is 14.8. The smallest absolute Gasteiger partial charge is 0.0189 e. The van der Waals surface area contributed by atoms with E-state index in [2.05, 4.69) is 33.8 Å². The van der Waals surface area contributed by atoms with Crippen LogP contribution in [0.25, 0.3) is 0 Å². The Balaban J connectivity index is 3.12. The molecule has 0 radical (unpaired) electrons. The van der Waals surface area contributed by atoms with E-state index in [1.54, 1.807) is 0 Å². The van der Waals surface area contributed by atoms with Crippen LogP contribution in [0.2, 0.25) is 0 Å². The van der Waals surface area contributed by atoms with E-state index in [1.165, 1.54) is 0 Å². The molecular formula is C13H26N2. The molecule has 1 rings (SSSR count). The molecule has 15 heavy (non-hydrogen) atoms. The largest absolute Gasteiger partial charge is 0.402 e. The minimum Gasteiger partial charge on any atom is -0.402 e. The standard InChI is InChI=1S/C13H26N2/c1-5-12(4)8-10(14)9-13(6-2,7-3)11(12)15/h8,11H,5-7,9,14-15H2,1-4H3. The molecule has 0 heterocycles. The van der Waals surface area contributed by atoms with Crippen molar-refractivity contribution in [3.05, 3.63) is 11.8 Å². The number of allylic oxidation sites excluding steroid dienone is 1. The van der Waals surface area contributed by atoms with Crippen molar-refractivity contribution < 1.29 is 0 Å². The second-order valence-corrected chi connectivity index (χ2v) is 5.30. The topological polar surface area (TPSA) is 52.0 Å². The maximum atomic E-state index is 6.49. The second kappa shape index (κ2) is 4.17. The van der Waals surface area contributed by atoms with Gasteiger partial charge >= 0.3 is 0 Å². The zero-order valence-corrected chi connectivity index (χ0v) is 10.6. The van der Waals surface area contributed by atoms with Crippen LogP contribution in [-0.2, 0) is 0 Å². The van der Waals surface area contributed by atoms with Gasteiger partial charge in [0.25, 0.3) is 0 Å². The fraction of sp³-hybridized carbons (Fsp3) is 0.846. The first-order chi connectivity index (χ1) is 6.94. The van der Waals surface area contributed by atoms with Crippen molar-refractivity contribution in [2.75, 3.05) is 0 Å². The second-order valence-electron chi connectivity index (χ2n) is 5.30. The lowest BCUT2D eigenvalue weighted by Crippen LogP contribution is -2.54. The molecule has 0 aromatic heterocycles. The number of hydrogen-bond acceptors (Lipinski definition) is 2. The van der Waals surface area contributed by atoms with Crippen LogP contribution in [0.15, 0.2) is 11.8 Å². The van der Waals surface area contributed by atoms with Gasteiger partial charge in [-0.25, -0.2) is 0 Å². The summed E-state index contributed by atoms with van der Waals surface area (Å²) in [6.45, 7) is 8.91. The minimum atomic E-state index is 0.0777. The number of rotatable bonds is 3. The van der Waals surface area contributed by atoms with Crippen molar-refractivity contribution in [2.45, 2.75) is 59.4 Å². The zero-order chi connectivity index (χ0) is 11.7. The summed E-state index contributed by atoms with van der Waals surface area (Å²) in [4.78, 5) is 0. The highest BCUT2D eigenvalue weighted by Gasteiger charge is 2.46. The Morgan fingerprint density at radius 3 is 2.20 bits per heavy atom. The Labute approximate surface area is 94.1 Å². The molecule has 0 aliphatic heterocycles. The van der Waals surface area contributed by atoms with Gasteiger partial charge in [0.1, 0.15) is 0 Å². The van der Waals surface area contributed by atoms with E-state index in [9.17, 15) is 0 Å². The van der Waals surface area contributed by atoms with Crippen LogP contribution in [0.3, 0.4) is 0 Å². The molecule has 0 aromatic rings. The van der Waals surface area contributed by atoms with Gasteiger partial charge in [0.2, 0.25) is 0 Å². The van der Waals surface area contributed by atoms with Gasteiger partial charge in [0.15, 0.2) is 0 Å². The molecule has 0 fully saturated rings. The number of nitrogens with two attached hydrogens (primary N) is 2. The Kier molecular flexibility index (Phi) is 3.49. The Morgan fingerprint density at radius 1 is 1.27 bits per heavy atom. The van der Waals surface area contributed by atoms with E-state index in [-0.39, 0.29) is 16.9 Å². The molecule has 0 bridgehead atoms. The van der Waals surface area contributed by atoms with E-state index >= 15 is 0 Å². The average Bonchev–Trinajstić information content (AvgIpc) is 2.23. The van der Waals surface area contributed by atoms with Gasteiger partial charge in [-0.05, 0) is 31.1 Å². The highest BCUT2D eigenvalue weighted by molar-refractivity contribution is 5.19. The lowest BCUT2D eigenvalue weighted by Gasteiger charge is -2.49. The van der Waals surface area contributed by atoms with Crippen LogP contribution < -0.4 is 11.5 Å². The third-order valence-corrected chi connectivity index (χ3v) is 4.61. The maximum Gasteiger partial charge on any atom is 0.0189 e. The summed E-state index contributed by atoms with van der Waals surface area (Å²) in [5, 5.41) is 0. The number of hydrogen-bond donors (Lipinski definition) is 2. The van der Waals surface area contributed by atoms with Gasteiger partial charge in [0, 0.05) is 17.2 Å². The Bertz CT molecular complexity index is 253. The summed E-state index contributed by atoms with van der Waals surface area (Å²) in [6.07, 6.45) is 6.47. The summed E-state index contributed by atoms with van der Waals surface area (Å²) in [7, 11) is 0. The van der Waals surface area contributed by atoms with Crippen LogP contribution in [-0.4, -0.2) is 6.04 Å². The lowest BCUT2D eigenvalue weighted by atomic mass is 9.58. The van der Waals surface area contributed by atoms with Crippen molar-refractivity contribution in [1.29, 1.82) is 0 Å². The zero-order valence-electron chi connectivity index (χ0n) is 10.6. The van der Waals surface area contributed by atoms with Crippen LogP contribution in [0, 0.1) is 10.8 Å². The predicted octanol–water partition coefficient (Wildman–Crippen LogP) is 2.78. The molecule has 4 N–H and O–H groups in total. The molecule has 0 saturated heterocycles. The summed E-state index contributed by atoms with van der Waals surface area (Å²) in [5.41, 5.74) is 13.9. The van der Waals surface area contributed by atoms with Crippen LogP contribution in [0.1, 0.15) is 53.4 Å². The van der Waals surface area contributed by atoms with Gasteiger partial charge < -0.3 is 11.5 Å². The molecule has 2 nitrogen and oxygen atoms in total. The summed E-state index contributed by atoms with van der Waals surface area (Å²) < 4.78 is 0. The van der Waals surface area contributed by atoms with Gasteiger partial charge in [-0.15, -0.1) is 0 Å². The molecule has 1 aliphatic carbocycles. The minimum absolute atomic E-state index is 0.0777. The van der Waals surface area contributed by atoms with Crippen LogP contribution in [0.5, 0.6) is 0 Å². The van der Waals surface area contributed by atoms with Crippen LogP contribution in [0.4, 0.5) is 0 Å². The fourth-order valence-electron chi connectivity index (χ4n) is 3.04. The fourth-order valence-corrected chi connectivity index (χ4v) is 3.04. The highest BCUT2D eigenvalue weighted by Crippen LogP contribution is 2.48. The molecular weight excluding hydrogens is 184 g/mol. The lowest BCUT2D eigenvalue weighted by molar-refractivity contribution is 0.0991. The molecule has 1 aliphatic rings. The van der Waals surface area contributed by atoms with Crippen molar-refractivity contribution in [2.24, 2.45) is 22.3 Å². The first kappa shape index (κ1) is 12.6. The van der Waals surface area contributed by atoms with Gasteiger partial charge in [0.05, 0.1) is 0 Å². The molecule has 0 saturated carbocycles. The van der Waals surface area contributed by atoms with Crippen molar-refractivity contribution in [3.8, 4) is 0 Å². The quantitative estimate of drug-likeness (QED) is 0.752. The van der Waals surface area contributed by atoms with Crippen molar-refractivity contribution in [3.63, 3.8) is 0 Å². The average molecular weight is 210 g/mol. The monoisotopic (exact) mass is 210 g/mol. The molecule has 0 aromatic carbocycles. The molecule has 2 atom stereocenters. The van der Waals surface area contributed by atoms with E-state index in [1.807, 2.05) is 0 Å². The molecule has 2 heteroatoms. The SMILES string of the molecule is CCC1(C)C=C(N)CC(CC)(CC)C1N. The predicted molar refractivity (Wildman–Crippen MR) is 66.3 cm³/mol. The molecule has 88 valence electrons. The Morgan fingerprint density at radius 2 is 1.80 bits per heavy atom. The van der Waals surface area contributed by atoms with E-state index in [0.717, 1.165) is 31.4 Å². The molecule has 0 amide bonds. The van der Waals surface area contributed by atoms with E-state index in [4.69, 9.17) is 11.5 Å². The third kappa shape index (κ3) is 1.92. The summed E-state index contributed by atoms with van der Waals surface area (Å²) >= 11 is 0. The van der Waals surface area contributed by atoms with E-state index < -0.39 is 0 Å². The van der Waals surface area contributed by atoms with Gasteiger partial charge in [-0.1, -0.05) is 33.8 Å². The normalized spacial score (nSPS) is 35.0. The van der Waals surface area contributed by atoms with Gasteiger partial charge in [-0.2, -0.15) is 0 Å². The molecule has 0 spiro atoms. The summed E-state index contributed by atoms with van der Waals surface area (Å²) in [5.74, 6) is 0. The maximum absolute atomic E-state index is 6.49. The van der Waals surface area contributed by atoms with Crippen molar-refractivity contribution >= 4 is 0 Å². The first-order valence-electron chi connectivity index (χ1n) is 6.17. The van der Waals surface area contributed by atoms with Gasteiger partial charge in [-0.3, -0.25) is 0 Å². The molecule has 2 unspecified atom stereocenters. The Hall–Kier alpha value is -0.500.